The van der Waals surface area contributed by atoms with Crippen molar-refractivity contribution in [2.24, 2.45) is 0 Å². The fourth-order valence-corrected chi connectivity index (χ4v) is 10.8. The number of esters is 2. The maximum absolute atomic E-state index is 12.3. The number of nitrogens with one attached hydrogen (secondary N) is 1. The molecule has 10 heterocycles. The van der Waals surface area contributed by atoms with Crippen molar-refractivity contribution in [3.63, 3.8) is 0 Å². The van der Waals surface area contributed by atoms with E-state index >= 15 is 0 Å². The number of nitrogens with zero attached hydrogens (tertiary/aromatic N) is 13. The van der Waals surface area contributed by atoms with E-state index in [4.69, 9.17) is 66.1 Å². The van der Waals surface area contributed by atoms with Crippen LogP contribution in [-0.2, 0) is 43.0 Å². The summed E-state index contributed by atoms with van der Waals surface area (Å²) in [6.07, 6.45) is -31.9. The first-order chi connectivity index (χ1) is 62.0. The number of thiocarbonyl (C=S) groups is 1. The van der Waals surface area contributed by atoms with E-state index in [-0.39, 0.29) is 121 Å². The summed E-state index contributed by atoms with van der Waals surface area (Å²) in [5.74, 6) is -2.49. The Morgan fingerprint density at radius 2 is 0.757 bits per heavy atom. The van der Waals surface area contributed by atoms with Crippen LogP contribution in [0.1, 0.15) is 136 Å². The predicted octanol–water partition coefficient (Wildman–Crippen LogP) is 15.4. The highest BCUT2D eigenvalue weighted by molar-refractivity contribution is 9.10. The first kappa shape index (κ1) is 119. The van der Waals surface area contributed by atoms with Crippen LogP contribution >= 0.6 is 55.7 Å². The largest absolute Gasteiger partial charge is 0.468 e. The topological polar surface area (TPSA) is 494 Å². The monoisotopic (exact) mass is 2150 g/mol. The van der Waals surface area contributed by atoms with Crippen LogP contribution in [0.5, 0.6) is 35.3 Å². The van der Waals surface area contributed by atoms with Gasteiger partial charge in [0.2, 0.25) is 50.7 Å². The highest BCUT2D eigenvalue weighted by atomic mass is 79.9. The maximum Gasteiger partial charge on any atom is 0.422 e. The number of rotatable bonds is 22. The molecule has 10 aromatic rings. The number of fused-ring (bicyclic) bond motifs is 3. The van der Waals surface area contributed by atoms with Gasteiger partial charge in [-0.3, -0.25) is 5.32 Å². The molecule has 10 aromatic heterocycles. The lowest BCUT2D eigenvalue weighted by atomic mass is 9.95. The van der Waals surface area contributed by atoms with Crippen molar-refractivity contribution >= 4 is 119 Å². The molecule has 756 valence electrons. The van der Waals surface area contributed by atoms with Gasteiger partial charge in [0.1, 0.15) is 40.3 Å². The Labute approximate surface area is 782 Å². The molecular weight excluding hydrogens is 2060 g/mol. The number of halogens is 24. The fraction of sp³-hybridized carbons (Fsp3) is 0.447. The average Bonchev–Trinajstić information content (AvgIpc) is 1.64. The average molecular weight is 2150 g/mol. The van der Waals surface area contributed by atoms with Gasteiger partial charge < -0.3 is 91.1 Å². The Morgan fingerprint density at radius 1 is 0.434 bits per heavy atom. The Kier molecular flexibility index (Phi) is 43.0. The molecule has 0 spiro atoms. The Hall–Kier alpha value is -11.7. The van der Waals surface area contributed by atoms with Gasteiger partial charge in [-0.05, 0) is 154 Å². The molecule has 0 aromatic carbocycles. The highest BCUT2D eigenvalue weighted by Gasteiger charge is 2.36. The van der Waals surface area contributed by atoms with E-state index in [1.807, 2.05) is 13.8 Å². The van der Waals surface area contributed by atoms with Crippen molar-refractivity contribution in [2.45, 2.75) is 154 Å². The van der Waals surface area contributed by atoms with E-state index < -0.39 is 130 Å². The zero-order valence-electron chi connectivity index (χ0n) is 72.8. The van der Waals surface area contributed by atoms with Crippen molar-refractivity contribution < 1.29 is 175 Å². The third kappa shape index (κ3) is 42.7. The number of amides is 1. The van der Waals surface area contributed by atoms with Crippen molar-refractivity contribution in [1.29, 1.82) is 0 Å². The summed E-state index contributed by atoms with van der Waals surface area (Å²) in [5.41, 5.74) is 20.4. The molecule has 0 radical (unpaired) electrons. The first-order valence-corrected chi connectivity index (χ1v) is 40.0. The fourth-order valence-electron chi connectivity index (χ4n) is 9.81. The minimum atomic E-state index is -4.50. The molecule has 14 N–H and O–H groups in total. The van der Waals surface area contributed by atoms with Crippen molar-refractivity contribution in [2.75, 3.05) is 90.0 Å². The van der Waals surface area contributed by atoms with Crippen molar-refractivity contribution in [1.82, 2.24) is 69.0 Å². The number of carbonyl (C=O) groups is 3. The number of alkyl carbamates (subject to hydrolysis) is 1. The van der Waals surface area contributed by atoms with Crippen LogP contribution in [0.2, 0.25) is 5.15 Å². The molecule has 0 unspecified atom stereocenters. The number of aromatic nitrogens is 13. The molecule has 0 aliphatic rings. The Bertz CT molecular complexity index is 5500. The summed E-state index contributed by atoms with van der Waals surface area (Å²) in [5, 5.41) is 61.4. The molecule has 0 aliphatic carbocycles. The quantitative estimate of drug-likeness (QED) is 0.00990. The van der Waals surface area contributed by atoms with Crippen LogP contribution in [0, 0.1) is 0 Å². The lowest BCUT2D eigenvalue weighted by Crippen LogP contribution is -2.32. The summed E-state index contributed by atoms with van der Waals surface area (Å²) in [6.45, 7) is 7.44. The number of aliphatic hydroxyl groups is 5. The lowest BCUT2D eigenvalue weighted by Gasteiger charge is -2.22. The summed E-state index contributed by atoms with van der Waals surface area (Å²) >= 11 is 16.7. The standard InChI is InChI=1S/C15H19F3N2O4S.C11H11BrF3N3O2.C11H11BrF3N3O.C11H13F3N4O2.C10H13F3N2O2.C9H9F3N2O3.C7H7ClN2O2.C2H3F3O/c1-4-23-13(21)20-12(25)7-10-9(14(2,3)22)5-6-11(19-10)24-8-15(16,17)18;1-10(2,19)6-3-4-7(20-5-11(13,14)15)18-8(6)16-9(12)17-18;1-6(2)7-3-4-8(19-5-11(13,14)15)18-9(7)16-10(12)17-18;1-10(2,19)6-3-4-7(20-5-11(12,13)14)18-8(6)16-9(15)17-18;1-9(2,16)6-3-4-7(15-8(6)14)17-5-10(11,12)13;1-16-8(15)5-2-3-6(14-7(5)13)17-4-9(10,11)12;1-12-7(11)4-2-3-5(8)10-6(4)9;3-2(4,5)1-6/h5-6,22H,4,7-8H2,1-3H3,(H,20,21,25);3-4,19H,5H2,1-2H3;3-4,6H,5H2,1-2H3;3-4,19H,5H2,1-2H3,(H2,15,17);3-4,16H,5H2,1-2H3,(H2,14,15);2-3H,4H2,1H3,(H2,13,14);2-3H,1H3,(H2,9,10);6H,1H2. The van der Waals surface area contributed by atoms with Gasteiger partial charge in [-0.2, -0.15) is 121 Å². The second-order valence-electron chi connectivity index (χ2n) is 29.1. The van der Waals surface area contributed by atoms with Crippen molar-refractivity contribution in [3.8, 4) is 35.3 Å². The molecule has 0 saturated carbocycles. The van der Waals surface area contributed by atoms with Crippen LogP contribution in [-0.4, -0.2) is 223 Å². The minimum Gasteiger partial charge on any atom is -0.468 e. The van der Waals surface area contributed by atoms with E-state index in [0.29, 0.717) is 32.6 Å². The lowest BCUT2D eigenvalue weighted by molar-refractivity contribution is -0.159. The van der Waals surface area contributed by atoms with E-state index in [9.17, 15) is 127 Å². The summed E-state index contributed by atoms with van der Waals surface area (Å²) in [4.78, 5) is 60.3. The minimum absolute atomic E-state index is 0.00919. The van der Waals surface area contributed by atoms with Crippen LogP contribution in [0.4, 0.5) is 120 Å². The van der Waals surface area contributed by atoms with Gasteiger partial charge in [0.25, 0.3) is 0 Å². The zero-order chi connectivity index (χ0) is 104. The summed E-state index contributed by atoms with van der Waals surface area (Å²) in [7, 11) is 2.42. The van der Waals surface area contributed by atoms with Gasteiger partial charge in [-0.1, -0.05) is 37.7 Å². The van der Waals surface area contributed by atoms with Crippen LogP contribution in [0.25, 0.3) is 16.9 Å². The molecule has 35 nitrogen and oxygen atoms in total. The van der Waals surface area contributed by atoms with Crippen molar-refractivity contribution in [3.05, 3.63) is 144 Å². The highest BCUT2D eigenvalue weighted by Crippen LogP contribution is 2.35. The second-order valence-corrected chi connectivity index (χ2v) is 31.4. The number of ether oxygens (including phenoxy) is 9. The number of carbonyl (C=O) groups excluding carboxylic acids is 3. The molecule has 0 bridgehead atoms. The molecule has 0 saturated heterocycles. The van der Waals surface area contributed by atoms with Crippen LogP contribution in [0.3, 0.4) is 0 Å². The van der Waals surface area contributed by atoms with E-state index in [2.05, 4.69) is 116 Å². The zero-order valence-corrected chi connectivity index (χ0v) is 77.5. The van der Waals surface area contributed by atoms with E-state index in [0.717, 1.165) is 27.8 Å². The molecule has 136 heavy (non-hydrogen) atoms. The summed E-state index contributed by atoms with van der Waals surface area (Å²) in [6, 6.07) is 19.1. The number of alkyl halides is 21. The third-order valence-electron chi connectivity index (χ3n) is 15.4. The Morgan fingerprint density at radius 3 is 1.11 bits per heavy atom. The van der Waals surface area contributed by atoms with Gasteiger partial charge in [0.15, 0.2) is 56.6 Å². The number of pyridine rings is 7. The normalized spacial score (nSPS) is 12.0. The van der Waals surface area contributed by atoms with Gasteiger partial charge in [0.05, 0.1) is 53.9 Å². The third-order valence-corrected chi connectivity index (χ3v) is 16.5. The first-order valence-electron chi connectivity index (χ1n) is 37.6. The molecular formula is C76H86Br2ClF21N18O17S. The number of nitrogens with two attached hydrogens (primary N) is 4. The number of methoxy groups -OCH3 is 2. The van der Waals surface area contributed by atoms with Gasteiger partial charge in [0, 0.05) is 65.1 Å². The second kappa shape index (κ2) is 49.4. The SMILES string of the molecule is CC(C)(O)c1ccc(OCC(F)(F)F)n2nc(Br)nc12.CC(C)(O)c1ccc(OCC(F)(F)F)n2nc(N)nc12.CC(C)(O)c1ccc(OCC(F)(F)F)nc1N.CC(C)c1ccc(OCC(F)(F)F)n2nc(Br)nc12.CCOC(=O)NC(=S)Cc1nc(OCC(F)(F)F)ccc1C(C)(C)O.COC(=O)c1ccc(Cl)nc1N.COC(=O)c1ccc(OCC(F)(F)F)nc1N.OCC(F)(F)F. The van der Waals surface area contributed by atoms with Crippen LogP contribution < -0.4 is 56.7 Å². The number of aliphatic hydroxyl groups excluding tert-OH is 1. The molecule has 60 heteroatoms. The Balaban J connectivity index is 0.000000407. The molecule has 0 atom stereocenters. The van der Waals surface area contributed by atoms with E-state index in [1.165, 1.54) is 126 Å². The maximum atomic E-state index is 12.3. The molecule has 1 amide bonds. The van der Waals surface area contributed by atoms with Gasteiger partial charge >= 0.3 is 61.3 Å². The predicted molar refractivity (Wildman–Crippen MR) is 451 cm³/mol. The number of nitrogen functional groups attached to an aromatic ring is 4. The number of anilines is 4. The summed E-state index contributed by atoms with van der Waals surface area (Å²) < 4.78 is 294. The molecule has 0 fully saturated rings. The number of hydrogen-bond donors (Lipinski definition) is 10. The van der Waals surface area contributed by atoms with Crippen LogP contribution in [0.15, 0.2) is 94.4 Å². The number of hydrogen-bond acceptors (Lipinski definition) is 32. The van der Waals surface area contributed by atoms with Gasteiger partial charge in [-0.25, -0.2) is 34.3 Å². The van der Waals surface area contributed by atoms with E-state index in [1.54, 1.807) is 26.8 Å². The smallest absolute Gasteiger partial charge is 0.422 e. The van der Waals surface area contributed by atoms with Gasteiger partial charge in [-0.15, -0.1) is 15.3 Å². The molecule has 0 aliphatic heterocycles. The molecule has 10 rings (SSSR count).